The van der Waals surface area contributed by atoms with Crippen LogP contribution in [-0.2, 0) is 5.41 Å². The Bertz CT molecular complexity index is 928. The standard InChI is InChI=1S/C22H29NO2Si2/c1-15-12-18-19(27(4,5)11-10-26(18,2)3)13-17(15)22(8-9-22)20-7-6-16(14-23-20)21(24)25/h6-7,12-14H,8-11H2,1-5H3,(H,24,25). The van der Waals surface area contributed by atoms with Gasteiger partial charge in [-0.25, -0.2) is 4.79 Å². The zero-order valence-electron chi connectivity index (χ0n) is 17.0. The molecule has 1 saturated carbocycles. The Balaban J connectivity index is 1.84. The average Bonchev–Trinajstić information content (AvgIpc) is 3.40. The zero-order chi connectivity index (χ0) is 19.6. The molecule has 142 valence electrons. The molecule has 0 amide bonds. The predicted molar refractivity (Wildman–Crippen MR) is 116 cm³/mol. The topological polar surface area (TPSA) is 50.2 Å². The number of fused-ring (bicyclic) bond motifs is 1. The van der Waals surface area contributed by atoms with Crippen molar-refractivity contribution in [1.29, 1.82) is 0 Å². The summed E-state index contributed by atoms with van der Waals surface area (Å²) in [6.07, 6.45) is 3.73. The van der Waals surface area contributed by atoms with Gasteiger partial charge in [0, 0.05) is 11.6 Å². The maximum atomic E-state index is 11.2. The number of rotatable bonds is 3. The van der Waals surface area contributed by atoms with Gasteiger partial charge in [0.15, 0.2) is 0 Å². The molecule has 27 heavy (non-hydrogen) atoms. The van der Waals surface area contributed by atoms with Crippen molar-refractivity contribution in [1.82, 2.24) is 4.98 Å². The largest absolute Gasteiger partial charge is 0.478 e. The summed E-state index contributed by atoms with van der Waals surface area (Å²) >= 11 is 0. The van der Waals surface area contributed by atoms with Crippen LogP contribution in [0.1, 0.15) is 40.0 Å². The van der Waals surface area contributed by atoms with Crippen LogP contribution in [0.3, 0.4) is 0 Å². The molecule has 3 nitrogen and oxygen atoms in total. The number of carboxylic acids is 1. The van der Waals surface area contributed by atoms with Crippen molar-refractivity contribution >= 4 is 32.5 Å². The summed E-state index contributed by atoms with van der Waals surface area (Å²) in [4.78, 5) is 15.7. The van der Waals surface area contributed by atoms with Gasteiger partial charge in [-0.2, -0.15) is 0 Å². The normalized spacial score (nSPS) is 21.4. The lowest BCUT2D eigenvalue weighted by molar-refractivity contribution is 0.0696. The van der Waals surface area contributed by atoms with Gasteiger partial charge >= 0.3 is 5.97 Å². The molecule has 0 spiro atoms. The fourth-order valence-electron chi connectivity index (χ4n) is 4.83. The van der Waals surface area contributed by atoms with Gasteiger partial charge in [-0.05, 0) is 43.0 Å². The van der Waals surface area contributed by atoms with Crippen molar-refractivity contribution in [2.45, 2.75) is 63.5 Å². The van der Waals surface area contributed by atoms with Crippen LogP contribution >= 0.6 is 0 Å². The third kappa shape index (κ3) is 2.92. The van der Waals surface area contributed by atoms with E-state index < -0.39 is 22.1 Å². The molecular formula is C22H29NO2Si2. The number of aryl methyl sites for hydroxylation is 1. The highest BCUT2D eigenvalue weighted by Gasteiger charge is 2.49. The Kier molecular flexibility index (Phi) is 4.06. The molecule has 0 atom stereocenters. The van der Waals surface area contributed by atoms with Gasteiger partial charge in [0.1, 0.15) is 0 Å². The molecule has 1 aliphatic carbocycles. The highest BCUT2D eigenvalue weighted by molar-refractivity contribution is 7.03. The monoisotopic (exact) mass is 395 g/mol. The lowest BCUT2D eigenvalue weighted by atomic mass is 9.88. The van der Waals surface area contributed by atoms with Crippen LogP contribution in [-0.4, -0.2) is 32.2 Å². The van der Waals surface area contributed by atoms with Gasteiger partial charge in [-0.15, -0.1) is 0 Å². The maximum Gasteiger partial charge on any atom is 0.337 e. The van der Waals surface area contributed by atoms with Crippen LogP contribution in [0.25, 0.3) is 0 Å². The van der Waals surface area contributed by atoms with Crippen LogP contribution in [0.4, 0.5) is 0 Å². The highest BCUT2D eigenvalue weighted by atomic mass is 28.3. The first-order chi connectivity index (χ1) is 12.6. The number of benzene rings is 1. The second-order valence-corrected chi connectivity index (χ2v) is 19.4. The fraction of sp³-hybridized carbons (Fsp3) is 0.455. The first-order valence-corrected chi connectivity index (χ1v) is 16.3. The second kappa shape index (κ2) is 5.88. The van der Waals surface area contributed by atoms with E-state index >= 15 is 0 Å². The summed E-state index contributed by atoms with van der Waals surface area (Å²) in [7, 11) is -2.73. The number of hydrogen-bond acceptors (Lipinski definition) is 2. The molecule has 1 fully saturated rings. The van der Waals surface area contributed by atoms with Crippen LogP contribution < -0.4 is 10.4 Å². The summed E-state index contributed by atoms with van der Waals surface area (Å²) in [6.45, 7) is 12.3. The van der Waals surface area contributed by atoms with Crippen molar-refractivity contribution in [2.75, 3.05) is 0 Å². The first-order valence-electron chi connectivity index (χ1n) is 9.93. The van der Waals surface area contributed by atoms with Crippen LogP contribution in [0, 0.1) is 6.92 Å². The van der Waals surface area contributed by atoms with E-state index in [1.54, 1.807) is 16.4 Å². The van der Waals surface area contributed by atoms with Gasteiger partial charge in [0.25, 0.3) is 0 Å². The van der Waals surface area contributed by atoms with Crippen LogP contribution in [0.15, 0.2) is 30.5 Å². The summed E-state index contributed by atoms with van der Waals surface area (Å²) in [5.41, 5.74) is 4.11. The highest BCUT2D eigenvalue weighted by Crippen LogP contribution is 2.53. The number of hydrogen-bond donors (Lipinski definition) is 1. The molecule has 1 aromatic carbocycles. The number of carboxylic acid groups (broad SMARTS) is 1. The van der Waals surface area contributed by atoms with E-state index in [1.807, 2.05) is 6.07 Å². The second-order valence-electron chi connectivity index (χ2n) is 9.80. The first kappa shape index (κ1) is 18.6. The SMILES string of the molecule is Cc1cc2c(cc1C1(c3ccc(C(=O)O)cn3)CC1)[Si](C)(C)CC[Si]2(C)C. The Labute approximate surface area is 163 Å². The number of aromatic nitrogens is 1. The molecule has 2 aliphatic rings. The summed E-state index contributed by atoms with van der Waals surface area (Å²) in [5, 5.41) is 12.5. The summed E-state index contributed by atoms with van der Waals surface area (Å²) in [6, 6.07) is 11.5. The molecule has 0 saturated heterocycles. The molecule has 1 aliphatic heterocycles. The minimum Gasteiger partial charge on any atom is -0.478 e. The van der Waals surface area contributed by atoms with E-state index in [-0.39, 0.29) is 11.0 Å². The van der Waals surface area contributed by atoms with Crippen molar-refractivity contribution in [3.63, 3.8) is 0 Å². The Morgan fingerprint density at radius 1 is 1.04 bits per heavy atom. The third-order valence-electron chi connectivity index (χ3n) is 6.96. The van der Waals surface area contributed by atoms with E-state index in [0.717, 1.165) is 18.5 Å². The van der Waals surface area contributed by atoms with Gasteiger partial charge in [0.2, 0.25) is 0 Å². The lowest BCUT2D eigenvalue weighted by Crippen LogP contribution is -2.63. The number of nitrogens with zero attached hydrogens (tertiary/aromatic N) is 1. The molecule has 5 heteroatoms. The van der Waals surface area contributed by atoms with E-state index in [4.69, 9.17) is 5.11 Å². The predicted octanol–water partition coefficient (Wildman–Crippen LogP) is 4.01. The molecule has 4 rings (SSSR count). The number of pyridine rings is 1. The molecule has 0 radical (unpaired) electrons. The van der Waals surface area contributed by atoms with Gasteiger partial charge in [-0.3, -0.25) is 4.98 Å². The smallest absolute Gasteiger partial charge is 0.337 e. The number of aromatic carboxylic acids is 1. The summed E-state index contributed by atoms with van der Waals surface area (Å²) < 4.78 is 0. The van der Waals surface area contributed by atoms with Crippen molar-refractivity contribution in [2.24, 2.45) is 0 Å². The van der Waals surface area contributed by atoms with E-state index in [0.29, 0.717) is 0 Å². The van der Waals surface area contributed by atoms with Gasteiger partial charge < -0.3 is 5.11 Å². The van der Waals surface area contributed by atoms with E-state index in [1.165, 1.54) is 29.4 Å². The van der Waals surface area contributed by atoms with Crippen molar-refractivity contribution in [3.05, 3.63) is 52.8 Å². The maximum absolute atomic E-state index is 11.2. The van der Waals surface area contributed by atoms with Crippen LogP contribution in [0.2, 0.25) is 38.3 Å². The van der Waals surface area contributed by atoms with Crippen LogP contribution in [0.5, 0.6) is 0 Å². The molecule has 2 aromatic rings. The number of carbonyl (C=O) groups is 1. The Hall–Kier alpha value is -1.73. The quantitative estimate of drug-likeness (QED) is 0.799. The van der Waals surface area contributed by atoms with Crippen molar-refractivity contribution < 1.29 is 9.90 Å². The Morgan fingerprint density at radius 3 is 2.11 bits per heavy atom. The molecule has 2 heterocycles. The van der Waals surface area contributed by atoms with Gasteiger partial charge in [0.05, 0.1) is 27.4 Å². The fourth-order valence-corrected chi connectivity index (χ4v) is 15.1. The summed E-state index contributed by atoms with van der Waals surface area (Å²) in [5.74, 6) is -0.913. The van der Waals surface area contributed by atoms with Gasteiger partial charge in [-0.1, -0.05) is 60.8 Å². The van der Waals surface area contributed by atoms with E-state index in [9.17, 15) is 4.79 Å². The molecular weight excluding hydrogens is 366 g/mol. The zero-order valence-corrected chi connectivity index (χ0v) is 19.0. The lowest BCUT2D eigenvalue weighted by Gasteiger charge is -2.40. The van der Waals surface area contributed by atoms with Crippen molar-refractivity contribution in [3.8, 4) is 0 Å². The Morgan fingerprint density at radius 2 is 1.63 bits per heavy atom. The molecule has 0 unspecified atom stereocenters. The average molecular weight is 396 g/mol. The molecule has 1 N–H and O–H groups in total. The molecule has 1 aromatic heterocycles. The molecule has 0 bridgehead atoms. The minimum absolute atomic E-state index is 0.0101. The third-order valence-corrected chi connectivity index (χ3v) is 14.5. The van der Waals surface area contributed by atoms with E-state index in [2.05, 4.69) is 50.2 Å². The minimum atomic E-state index is -1.39.